The molecule has 2 rings (SSSR count). The zero-order valence-corrected chi connectivity index (χ0v) is 11.8. The van der Waals surface area contributed by atoms with Gasteiger partial charge in [-0.15, -0.1) is 0 Å². The number of aryl methyl sites for hydroxylation is 1. The quantitative estimate of drug-likeness (QED) is 0.618. The molecule has 2 aromatic heterocycles. The van der Waals surface area contributed by atoms with Gasteiger partial charge < -0.3 is 14.5 Å². The van der Waals surface area contributed by atoms with Gasteiger partial charge in [0.1, 0.15) is 11.6 Å². The lowest BCUT2D eigenvalue weighted by Crippen LogP contribution is -2.10. The normalized spacial score (nSPS) is 10.4. The summed E-state index contributed by atoms with van der Waals surface area (Å²) in [6.07, 6.45) is 2.27. The first-order chi connectivity index (χ1) is 10.1. The molecule has 2 heterocycles. The molecule has 0 unspecified atom stereocenters. The minimum Gasteiger partial charge on any atom is -0.473 e. The zero-order chi connectivity index (χ0) is 15.2. The van der Waals surface area contributed by atoms with E-state index in [9.17, 15) is 10.1 Å². The van der Waals surface area contributed by atoms with Gasteiger partial charge >= 0.3 is 5.69 Å². The van der Waals surface area contributed by atoms with E-state index in [2.05, 4.69) is 15.3 Å². The third kappa shape index (κ3) is 3.68. The molecule has 2 aromatic rings. The van der Waals surface area contributed by atoms with E-state index in [0.717, 1.165) is 6.42 Å². The zero-order valence-electron chi connectivity index (χ0n) is 11.8. The molecule has 112 valence electrons. The van der Waals surface area contributed by atoms with Crippen molar-refractivity contribution in [3.8, 4) is 5.88 Å². The van der Waals surface area contributed by atoms with Crippen molar-refractivity contribution in [3.05, 3.63) is 40.1 Å². The average molecular weight is 292 g/mol. The highest BCUT2D eigenvalue weighted by Crippen LogP contribution is 2.32. The third-order valence-electron chi connectivity index (χ3n) is 2.60. The van der Waals surface area contributed by atoms with Crippen LogP contribution in [0.3, 0.4) is 0 Å². The highest BCUT2D eigenvalue weighted by atomic mass is 16.6. The Kier molecular flexibility index (Phi) is 4.70. The van der Waals surface area contributed by atoms with Gasteiger partial charge in [-0.25, -0.2) is 4.98 Å². The van der Waals surface area contributed by atoms with Crippen LogP contribution in [0.2, 0.25) is 0 Å². The molecule has 0 radical (unpaired) electrons. The van der Waals surface area contributed by atoms with Crippen LogP contribution in [0.25, 0.3) is 0 Å². The fraction of sp³-hybridized carbons (Fsp3) is 0.385. The fourth-order valence-corrected chi connectivity index (χ4v) is 1.71. The Bertz CT molecular complexity index is 613. The van der Waals surface area contributed by atoms with E-state index < -0.39 is 4.92 Å². The molecular formula is C13H16N4O4. The second-order valence-electron chi connectivity index (χ2n) is 4.31. The Balaban J connectivity index is 2.29. The first-order valence-electron chi connectivity index (χ1n) is 6.54. The lowest BCUT2D eigenvalue weighted by Gasteiger charge is -2.09. The van der Waals surface area contributed by atoms with E-state index in [1.807, 2.05) is 6.92 Å². The summed E-state index contributed by atoms with van der Waals surface area (Å²) in [5.74, 6) is 1.15. The first-order valence-corrected chi connectivity index (χ1v) is 6.54. The Morgan fingerprint density at radius 1 is 1.48 bits per heavy atom. The summed E-state index contributed by atoms with van der Waals surface area (Å²) in [6, 6.07) is 3.51. The van der Waals surface area contributed by atoms with E-state index in [0.29, 0.717) is 18.2 Å². The summed E-state index contributed by atoms with van der Waals surface area (Å²) in [5.41, 5.74) is -0.263. The van der Waals surface area contributed by atoms with Gasteiger partial charge in [-0.3, -0.25) is 10.1 Å². The van der Waals surface area contributed by atoms with Crippen LogP contribution in [0.1, 0.15) is 24.9 Å². The van der Waals surface area contributed by atoms with Crippen LogP contribution in [0.15, 0.2) is 22.8 Å². The van der Waals surface area contributed by atoms with Crippen LogP contribution in [0.4, 0.5) is 11.5 Å². The molecule has 8 nitrogen and oxygen atoms in total. The number of furan rings is 1. The predicted octanol–water partition coefficient (Wildman–Crippen LogP) is 2.69. The summed E-state index contributed by atoms with van der Waals surface area (Å²) >= 11 is 0. The monoisotopic (exact) mass is 292 g/mol. The van der Waals surface area contributed by atoms with E-state index in [4.69, 9.17) is 9.15 Å². The van der Waals surface area contributed by atoms with E-state index in [1.54, 1.807) is 19.1 Å². The minimum absolute atomic E-state index is 0.0173. The Morgan fingerprint density at radius 2 is 2.29 bits per heavy atom. The maximum atomic E-state index is 11.3. The SMILES string of the molecule is CCCOc1nc(C)nc(NCc2ccco2)c1[N+](=O)[O-]. The molecule has 0 fully saturated rings. The van der Waals surface area contributed by atoms with Gasteiger partial charge in [0.25, 0.3) is 5.88 Å². The summed E-state index contributed by atoms with van der Waals surface area (Å²) in [5, 5.41) is 14.1. The summed E-state index contributed by atoms with van der Waals surface area (Å²) in [4.78, 5) is 18.8. The molecule has 0 atom stereocenters. The van der Waals surface area contributed by atoms with Crippen LogP contribution < -0.4 is 10.1 Å². The van der Waals surface area contributed by atoms with Gasteiger partial charge in [0.05, 0.1) is 24.3 Å². The molecule has 0 saturated heterocycles. The van der Waals surface area contributed by atoms with Crippen molar-refractivity contribution < 1.29 is 14.1 Å². The summed E-state index contributed by atoms with van der Waals surface area (Å²) in [7, 11) is 0. The largest absolute Gasteiger partial charge is 0.473 e. The number of anilines is 1. The average Bonchev–Trinajstić information content (AvgIpc) is 2.95. The molecule has 0 bridgehead atoms. The Morgan fingerprint density at radius 3 is 2.90 bits per heavy atom. The number of nitro groups is 1. The van der Waals surface area contributed by atoms with Crippen molar-refractivity contribution in [2.75, 3.05) is 11.9 Å². The second-order valence-corrected chi connectivity index (χ2v) is 4.31. The smallest absolute Gasteiger partial charge is 0.372 e. The number of rotatable bonds is 7. The van der Waals surface area contributed by atoms with Gasteiger partial charge in [0, 0.05) is 0 Å². The van der Waals surface area contributed by atoms with Crippen LogP contribution in [-0.4, -0.2) is 21.5 Å². The number of nitrogens with one attached hydrogen (secondary N) is 1. The number of nitrogens with zero attached hydrogens (tertiary/aromatic N) is 3. The minimum atomic E-state index is -0.547. The maximum absolute atomic E-state index is 11.3. The topological polar surface area (TPSA) is 103 Å². The number of hydrogen-bond donors (Lipinski definition) is 1. The van der Waals surface area contributed by atoms with Crippen LogP contribution >= 0.6 is 0 Å². The number of aromatic nitrogens is 2. The van der Waals surface area contributed by atoms with Crippen molar-refractivity contribution in [2.24, 2.45) is 0 Å². The van der Waals surface area contributed by atoms with E-state index >= 15 is 0 Å². The second kappa shape index (κ2) is 6.69. The van der Waals surface area contributed by atoms with Gasteiger partial charge in [0.2, 0.25) is 5.82 Å². The van der Waals surface area contributed by atoms with Crippen LogP contribution in [-0.2, 0) is 6.54 Å². The molecule has 8 heteroatoms. The molecule has 0 aromatic carbocycles. The molecular weight excluding hydrogens is 276 g/mol. The highest BCUT2D eigenvalue weighted by Gasteiger charge is 2.25. The van der Waals surface area contributed by atoms with Crippen molar-refractivity contribution >= 4 is 11.5 Å². The van der Waals surface area contributed by atoms with Gasteiger partial charge in [-0.05, 0) is 25.5 Å². The molecule has 0 amide bonds. The van der Waals surface area contributed by atoms with Crippen molar-refractivity contribution in [1.29, 1.82) is 0 Å². The molecule has 0 aliphatic rings. The highest BCUT2D eigenvalue weighted by molar-refractivity contribution is 5.61. The standard InChI is InChI=1S/C13H16N4O4/c1-3-6-21-13-11(17(18)19)12(15-9(2)16-13)14-8-10-5-4-7-20-10/h4-5,7H,3,6,8H2,1-2H3,(H,14,15,16). The first kappa shape index (κ1) is 14.8. The van der Waals surface area contributed by atoms with Crippen LogP contribution in [0, 0.1) is 17.0 Å². The lowest BCUT2D eigenvalue weighted by molar-refractivity contribution is -0.385. The molecule has 0 spiro atoms. The molecule has 0 aliphatic carbocycles. The summed E-state index contributed by atoms with van der Waals surface area (Å²) < 4.78 is 10.5. The summed E-state index contributed by atoms with van der Waals surface area (Å²) in [6.45, 7) is 4.21. The Labute approximate surface area is 121 Å². The number of hydrogen-bond acceptors (Lipinski definition) is 7. The van der Waals surface area contributed by atoms with Crippen LogP contribution in [0.5, 0.6) is 5.88 Å². The van der Waals surface area contributed by atoms with Gasteiger partial charge in [0.15, 0.2) is 0 Å². The molecule has 0 aliphatic heterocycles. The third-order valence-corrected chi connectivity index (χ3v) is 2.60. The molecule has 1 N–H and O–H groups in total. The maximum Gasteiger partial charge on any atom is 0.372 e. The number of ether oxygens (including phenoxy) is 1. The van der Waals surface area contributed by atoms with Gasteiger partial charge in [-0.1, -0.05) is 6.92 Å². The lowest BCUT2D eigenvalue weighted by atomic mass is 10.4. The Hall–Kier alpha value is -2.64. The predicted molar refractivity (Wildman–Crippen MR) is 75.2 cm³/mol. The fourth-order valence-electron chi connectivity index (χ4n) is 1.71. The van der Waals surface area contributed by atoms with Gasteiger partial charge in [-0.2, -0.15) is 4.98 Å². The van der Waals surface area contributed by atoms with Crippen molar-refractivity contribution in [1.82, 2.24) is 9.97 Å². The van der Waals surface area contributed by atoms with Crippen molar-refractivity contribution in [2.45, 2.75) is 26.8 Å². The van der Waals surface area contributed by atoms with E-state index in [1.165, 1.54) is 6.26 Å². The van der Waals surface area contributed by atoms with E-state index in [-0.39, 0.29) is 23.9 Å². The van der Waals surface area contributed by atoms with Crippen molar-refractivity contribution in [3.63, 3.8) is 0 Å². The molecule has 0 saturated carbocycles. The molecule has 21 heavy (non-hydrogen) atoms.